The van der Waals surface area contributed by atoms with Gasteiger partial charge < -0.3 is 15.5 Å². The van der Waals surface area contributed by atoms with Crippen LogP contribution in [0.2, 0.25) is 0 Å². The summed E-state index contributed by atoms with van der Waals surface area (Å²) in [6.07, 6.45) is -4.26. The molecule has 1 saturated heterocycles. The van der Waals surface area contributed by atoms with Crippen LogP contribution in [0.5, 0.6) is 0 Å². The van der Waals surface area contributed by atoms with E-state index < -0.39 is 28.4 Å². The third-order valence-electron chi connectivity index (χ3n) is 3.64. The van der Waals surface area contributed by atoms with Crippen LogP contribution in [0.1, 0.15) is 12.0 Å². The molecule has 1 heterocycles. The van der Waals surface area contributed by atoms with Gasteiger partial charge in [0.2, 0.25) is 0 Å². The molecule has 7 nitrogen and oxygen atoms in total. The van der Waals surface area contributed by atoms with Gasteiger partial charge >= 0.3 is 12.2 Å². The lowest BCUT2D eigenvalue weighted by Crippen LogP contribution is -2.38. The number of alkyl halides is 3. The molecule has 0 unspecified atom stereocenters. The minimum atomic E-state index is -4.71. The van der Waals surface area contributed by atoms with E-state index in [1.165, 1.54) is 9.80 Å². The van der Waals surface area contributed by atoms with Crippen LogP contribution in [-0.4, -0.2) is 42.0 Å². The maximum absolute atomic E-state index is 13.2. The first-order valence-electron chi connectivity index (χ1n) is 6.85. The number of benzene rings is 1. The molecular formula is C13H15F3N4O3. The summed E-state index contributed by atoms with van der Waals surface area (Å²) in [5.74, 6) is 0. The van der Waals surface area contributed by atoms with Crippen LogP contribution in [0, 0.1) is 10.1 Å². The highest BCUT2D eigenvalue weighted by Crippen LogP contribution is 2.39. The van der Waals surface area contributed by atoms with E-state index in [1.807, 2.05) is 0 Å². The molecule has 2 N–H and O–H groups in total. The maximum Gasteiger partial charge on any atom is 0.418 e. The van der Waals surface area contributed by atoms with Gasteiger partial charge in [-0.15, -0.1) is 0 Å². The summed E-state index contributed by atoms with van der Waals surface area (Å²) in [6.45, 7) is 1.03. The molecule has 0 saturated carbocycles. The average Bonchev–Trinajstić information content (AvgIpc) is 2.71. The second-order valence-corrected chi connectivity index (χ2v) is 5.12. The van der Waals surface area contributed by atoms with Gasteiger partial charge in [-0.25, -0.2) is 4.79 Å². The maximum atomic E-state index is 13.2. The number of anilines is 1. The average molecular weight is 332 g/mol. The number of nitrogens with two attached hydrogens (primary N) is 1. The summed E-state index contributed by atoms with van der Waals surface area (Å²) in [5.41, 5.74) is 3.38. The molecule has 1 aromatic carbocycles. The molecule has 0 aromatic heterocycles. The first kappa shape index (κ1) is 16.8. The van der Waals surface area contributed by atoms with Crippen molar-refractivity contribution in [2.24, 2.45) is 5.73 Å². The summed E-state index contributed by atoms with van der Waals surface area (Å²) >= 11 is 0. The highest BCUT2D eigenvalue weighted by atomic mass is 19.4. The van der Waals surface area contributed by atoms with Gasteiger partial charge in [-0.05, 0) is 12.5 Å². The van der Waals surface area contributed by atoms with Crippen molar-refractivity contribution >= 4 is 17.4 Å². The summed E-state index contributed by atoms with van der Waals surface area (Å²) < 4.78 is 39.7. The number of non-ortho nitro benzene ring substituents is 1. The molecule has 2 amide bonds. The second-order valence-electron chi connectivity index (χ2n) is 5.12. The van der Waals surface area contributed by atoms with E-state index in [0.717, 1.165) is 12.1 Å². The van der Waals surface area contributed by atoms with E-state index in [1.54, 1.807) is 0 Å². The van der Waals surface area contributed by atoms with Gasteiger partial charge in [0, 0.05) is 44.0 Å². The number of rotatable bonds is 2. The lowest BCUT2D eigenvalue weighted by atomic mass is 10.1. The van der Waals surface area contributed by atoms with Gasteiger partial charge in [0.25, 0.3) is 5.69 Å². The first-order valence-corrected chi connectivity index (χ1v) is 6.85. The monoisotopic (exact) mass is 332 g/mol. The van der Waals surface area contributed by atoms with Crippen LogP contribution in [0.25, 0.3) is 0 Å². The van der Waals surface area contributed by atoms with Crippen molar-refractivity contribution in [2.75, 3.05) is 31.1 Å². The molecule has 2 rings (SSSR count). The van der Waals surface area contributed by atoms with Crippen LogP contribution in [-0.2, 0) is 6.18 Å². The Hall–Kier alpha value is -2.52. The van der Waals surface area contributed by atoms with Gasteiger partial charge in [0.15, 0.2) is 0 Å². The van der Waals surface area contributed by atoms with Crippen LogP contribution < -0.4 is 10.6 Å². The number of carbonyl (C=O) groups is 1. The van der Waals surface area contributed by atoms with Gasteiger partial charge in [-0.2, -0.15) is 13.2 Å². The van der Waals surface area contributed by atoms with Gasteiger partial charge in [0.1, 0.15) is 0 Å². The number of nitro benzene ring substituents is 1. The van der Waals surface area contributed by atoms with Crippen molar-refractivity contribution in [3.05, 3.63) is 33.9 Å². The number of nitrogens with zero attached hydrogens (tertiary/aromatic N) is 3. The molecule has 1 aliphatic heterocycles. The van der Waals surface area contributed by atoms with Crippen molar-refractivity contribution in [3.63, 3.8) is 0 Å². The summed E-state index contributed by atoms with van der Waals surface area (Å²) in [6, 6.07) is 2.06. The Balaban J connectivity index is 2.35. The van der Waals surface area contributed by atoms with Crippen LogP contribution >= 0.6 is 0 Å². The molecule has 23 heavy (non-hydrogen) atoms. The summed E-state index contributed by atoms with van der Waals surface area (Å²) in [5, 5.41) is 10.7. The molecule has 1 aromatic rings. The SMILES string of the molecule is NC(=O)N1CCCN(c2ccc([N+](=O)[O-])cc2C(F)(F)F)CC1. The van der Waals surface area contributed by atoms with E-state index in [4.69, 9.17) is 5.73 Å². The fourth-order valence-corrected chi connectivity index (χ4v) is 2.52. The molecule has 1 aliphatic rings. The Morgan fingerprint density at radius 2 is 1.91 bits per heavy atom. The largest absolute Gasteiger partial charge is 0.418 e. The van der Waals surface area contributed by atoms with E-state index in [9.17, 15) is 28.1 Å². The van der Waals surface area contributed by atoms with E-state index in [2.05, 4.69) is 0 Å². The van der Waals surface area contributed by atoms with Gasteiger partial charge in [0.05, 0.1) is 10.5 Å². The van der Waals surface area contributed by atoms with Crippen molar-refractivity contribution in [3.8, 4) is 0 Å². The Labute approximate surface area is 129 Å². The quantitative estimate of drug-likeness (QED) is 0.664. The summed E-state index contributed by atoms with van der Waals surface area (Å²) in [4.78, 5) is 23.8. The van der Waals surface area contributed by atoms with E-state index >= 15 is 0 Å². The smallest absolute Gasteiger partial charge is 0.369 e. The summed E-state index contributed by atoms with van der Waals surface area (Å²) in [7, 11) is 0. The molecule has 0 radical (unpaired) electrons. The van der Waals surface area contributed by atoms with Crippen molar-refractivity contribution in [1.82, 2.24) is 4.90 Å². The molecule has 0 spiro atoms. The molecule has 0 bridgehead atoms. The Kier molecular flexibility index (Phi) is 4.62. The predicted molar refractivity (Wildman–Crippen MR) is 76.1 cm³/mol. The Morgan fingerprint density at radius 1 is 1.22 bits per heavy atom. The molecule has 1 fully saturated rings. The Bertz CT molecular complexity index is 621. The number of hydrogen-bond donors (Lipinski definition) is 1. The number of nitro groups is 1. The zero-order valence-corrected chi connectivity index (χ0v) is 12.0. The molecular weight excluding hydrogens is 317 g/mol. The lowest BCUT2D eigenvalue weighted by molar-refractivity contribution is -0.385. The molecule has 10 heteroatoms. The van der Waals surface area contributed by atoms with Crippen molar-refractivity contribution in [1.29, 1.82) is 0 Å². The number of hydrogen-bond acceptors (Lipinski definition) is 4. The molecule has 126 valence electrons. The van der Waals surface area contributed by atoms with Gasteiger partial charge in [-0.1, -0.05) is 0 Å². The standard InChI is InChI=1S/C13H15F3N4O3/c14-13(15,16)10-8-9(20(22)23)2-3-11(10)18-4-1-5-19(7-6-18)12(17)21/h2-3,8H,1,4-7H2,(H2,17,21). The number of carbonyl (C=O) groups excluding carboxylic acids is 1. The highest BCUT2D eigenvalue weighted by molar-refractivity contribution is 5.72. The molecule has 0 aliphatic carbocycles. The minimum absolute atomic E-state index is 0.130. The topological polar surface area (TPSA) is 92.7 Å². The van der Waals surface area contributed by atoms with Crippen molar-refractivity contribution in [2.45, 2.75) is 12.6 Å². The zero-order valence-electron chi connectivity index (χ0n) is 12.0. The minimum Gasteiger partial charge on any atom is -0.369 e. The van der Waals surface area contributed by atoms with E-state index in [0.29, 0.717) is 25.6 Å². The second kappa shape index (κ2) is 6.31. The third kappa shape index (κ3) is 3.82. The van der Waals surface area contributed by atoms with Crippen LogP contribution in [0.4, 0.5) is 29.3 Å². The number of primary amides is 1. The number of halogens is 3. The third-order valence-corrected chi connectivity index (χ3v) is 3.64. The molecule has 0 atom stereocenters. The van der Waals surface area contributed by atoms with Crippen molar-refractivity contribution < 1.29 is 22.9 Å². The number of urea groups is 1. The van der Waals surface area contributed by atoms with E-state index in [-0.39, 0.29) is 18.8 Å². The zero-order chi connectivity index (χ0) is 17.2. The fraction of sp³-hybridized carbons (Fsp3) is 0.462. The first-order chi connectivity index (χ1) is 10.7. The number of amides is 2. The normalized spacial score (nSPS) is 16.1. The van der Waals surface area contributed by atoms with Crippen LogP contribution in [0.3, 0.4) is 0 Å². The fourth-order valence-electron chi connectivity index (χ4n) is 2.52. The lowest BCUT2D eigenvalue weighted by Gasteiger charge is -2.26. The highest BCUT2D eigenvalue weighted by Gasteiger charge is 2.37. The van der Waals surface area contributed by atoms with Gasteiger partial charge in [-0.3, -0.25) is 10.1 Å². The Morgan fingerprint density at radius 3 is 2.48 bits per heavy atom. The van der Waals surface area contributed by atoms with Crippen LogP contribution in [0.15, 0.2) is 18.2 Å². The predicted octanol–water partition coefficient (Wildman–Crippen LogP) is 2.20.